The summed E-state index contributed by atoms with van der Waals surface area (Å²) >= 11 is 0. The van der Waals surface area contributed by atoms with Gasteiger partial charge >= 0.3 is 0 Å². The van der Waals surface area contributed by atoms with Crippen LogP contribution in [0.15, 0.2) is 0 Å². The topological polar surface area (TPSA) is 23.8 Å². The Morgan fingerprint density at radius 2 is 1.85 bits per heavy atom. The van der Waals surface area contributed by atoms with Gasteiger partial charge in [-0.05, 0) is 49.4 Å². The number of nitrogens with zero attached hydrogens (tertiary/aromatic N) is 1. The van der Waals surface area contributed by atoms with E-state index in [4.69, 9.17) is 5.26 Å². The molecule has 2 fully saturated rings. The highest BCUT2D eigenvalue weighted by Gasteiger charge is 2.39. The lowest BCUT2D eigenvalue weighted by Gasteiger charge is -2.43. The van der Waals surface area contributed by atoms with Crippen LogP contribution < -0.4 is 0 Å². The smallest absolute Gasteiger partial charge is 0.0661 e. The molecule has 0 heterocycles. The minimum absolute atomic E-state index is 0.360. The van der Waals surface area contributed by atoms with Crippen molar-refractivity contribution < 1.29 is 0 Å². The molecule has 0 aromatic carbocycles. The normalized spacial score (nSPS) is 49.8. The third-order valence-electron chi connectivity index (χ3n) is 4.05. The van der Waals surface area contributed by atoms with E-state index in [0.29, 0.717) is 11.8 Å². The van der Waals surface area contributed by atoms with Gasteiger partial charge in [0.15, 0.2) is 0 Å². The van der Waals surface area contributed by atoms with Crippen LogP contribution in [0.2, 0.25) is 0 Å². The van der Waals surface area contributed by atoms with E-state index >= 15 is 0 Å². The zero-order chi connectivity index (χ0) is 9.42. The highest BCUT2D eigenvalue weighted by molar-refractivity contribution is 4.98. The Kier molecular flexibility index (Phi) is 2.32. The molecule has 2 bridgehead atoms. The van der Waals surface area contributed by atoms with Crippen LogP contribution in [-0.2, 0) is 0 Å². The average Bonchev–Trinajstić information content (AvgIpc) is 2.02. The number of nitriles is 1. The molecular weight excluding hydrogens is 158 g/mol. The first kappa shape index (κ1) is 9.06. The highest BCUT2D eigenvalue weighted by Crippen LogP contribution is 2.47. The molecule has 2 rings (SSSR count). The summed E-state index contributed by atoms with van der Waals surface area (Å²) in [6.45, 7) is 4.62. The summed E-state index contributed by atoms with van der Waals surface area (Å²) in [4.78, 5) is 0. The first-order valence-corrected chi connectivity index (χ1v) is 5.60. The van der Waals surface area contributed by atoms with E-state index in [1.165, 1.54) is 25.7 Å². The van der Waals surface area contributed by atoms with Crippen molar-refractivity contribution >= 4 is 0 Å². The molecule has 0 spiro atoms. The van der Waals surface area contributed by atoms with Crippen molar-refractivity contribution in [3.05, 3.63) is 0 Å². The van der Waals surface area contributed by atoms with Crippen LogP contribution in [0.5, 0.6) is 0 Å². The molecule has 2 aliphatic carbocycles. The van der Waals surface area contributed by atoms with Crippen molar-refractivity contribution in [2.75, 3.05) is 0 Å². The molecule has 0 saturated heterocycles. The van der Waals surface area contributed by atoms with Gasteiger partial charge in [-0.1, -0.05) is 13.8 Å². The summed E-state index contributed by atoms with van der Waals surface area (Å²) in [6, 6.07) is 2.53. The largest absolute Gasteiger partial charge is 0.198 e. The van der Waals surface area contributed by atoms with E-state index in [1.807, 2.05) is 0 Å². The van der Waals surface area contributed by atoms with Gasteiger partial charge in [-0.25, -0.2) is 0 Å². The van der Waals surface area contributed by atoms with Crippen LogP contribution in [0.3, 0.4) is 0 Å². The molecule has 13 heavy (non-hydrogen) atoms. The predicted molar refractivity (Wildman–Crippen MR) is 52.9 cm³/mol. The lowest BCUT2D eigenvalue weighted by atomic mass is 9.61. The molecule has 1 heteroatoms. The van der Waals surface area contributed by atoms with Crippen molar-refractivity contribution in [3.8, 4) is 6.07 Å². The molecular formula is C12H19N. The molecule has 2 saturated carbocycles. The van der Waals surface area contributed by atoms with Gasteiger partial charge < -0.3 is 0 Å². The van der Waals surface area contributed by atoms with Gasteiger partial charge in [0.1, 0.15) is 0 Å². The van der Waals surface area contributed by atoms with Crippen LogP contribution in [0.25, 0.3) is 0 Å². The summed E-state index contributed by atoms with van der Waals surface area (Å²) in [5.41, 5.74) is 0. The van der Waals surface area contributed by atoms with E-state index in [9.17, 15) is 0 Å². The van der Waals surface area contributed by atoms with E-state index in [2.05, 4.69) is 19.9 Å². The Balaban J connectivity index is 2.12. The maximum Gasteiger partial charge on any atom is 0.0661 e. The van der Waals surface area contributed by atoms with Crippen LogP contribution in [0.1, 0.15) is 39.5 Å². The second kappa shape index (κ2) is 3.33. The van der Waals surface area contributed by atoms with Gasteiger partial charge in [-0.15, -0.1) is 0 Å². The number of hydrogen-bond donors (Lipinski definition) is 0. The van der Waals surface area contributed by atoms with E-state index in [0.717, 1.165) is 17.8 Å². The minimum Gasteiger partial charge on any atom is -0.198 e. The Morgan fingerprint density at radius 1 is 1.08 bits per heavy atom. The lowest BCUT2D eigenvalue weighted by Crippen LogP contribution is -2.36. The third-order valence-corrected chi connectivity index (χ3v) is 4.05. The molecule has 0 aromatic heterocycles. The predicted octanol–water partition coefficient (Wildman–Crippen LogP) is 3.22. The summed E-state index contributed by atoms with van der Waals surface area (Å²) in [7, 11) is 0. The molecule has 1 nitrogen and oxygen atoms in total. The third kappa shape index (κ3) is 1.59. The van der Waals surface area contributed by atoms with E-state index in [1.54, 1.807) is 0 Å². The number of hydrogen-bond acceptors (Lipinski definition) is 1. The van der Waals surface area contributed by atoms with Gasteiger partial charge in [0.2, 0.25) is 0 Å². The number of rotatable bonds is 0. The molecule has 2 aliphatic rings. The zero-order valence-electron chi connectivity index (χ0n) is 8.66. The second-order valence-electron chi connectivity index (χ2n) is 5.31. The Hall–Kier alpha value is -0.510. The number of fused-ring (bicyclic) bond motifs is 2. The standard InChI is InChI=1S/C12H19N/c1-8-3-10-5-9(2)12(7-13)11(4-8)6-10/h8-12H,3-6H2,1-2H3. The maximum atomic E-state index is 9.11. The Labute approximate surface area is 81.1 Å². The van der Waals surface area contributed by atoms with Crippen molar-refractivity contribution in [1.82, 2.24) is 0 Å². The average molecular weight is 177 g/mol. The van der Waals surface area contributed by atoms with Gasteiger partial charge in [-0.3, -0.25) is 0 Å². The second-order valence-corrected chi connectivity index (χ2v) is 5.31. The molecule has 0 amide bonds. The Morgan fingerprint density at radius 3 is 2.54 bits per heavy atom. The highest BCUT2D eigenvalue weighted by atomic mass is 14.5. The van der Waals surface area contributed by atoms with Gasteiger partial charge in [0, 0.05) is 0 Å². The molecule has 72 valence electrons. The fourth-order valence-corrected chi connectivity index (χ4v) is 3.66. The first-order chi connectivity index (χ1) is 6.20. The van der Waals surface area contributed by atoms with Gasteiger partial charge in [0.25, 0.3) is 0 Å². The SMILES string of the molecule is CC1CC2CC(C)C(C#N)C(C1)C2. The first-order valence-electron chi connectivity index (χ1n) is 5.60. The molecule has 0 aliphatic heterocycles. The van der Waals surface area contributed by atoms with Crippen molar-refractivity contribution in [1.29, 1.82) is 5.26 Å². The van der Waals surface area contributed by atoms with Crippen molar-refractivity contribution in [2.24, 2.45) is 29.6 Å². The summed E-state index contributed by atoms with van der Waals surface area (Å²) in [6.07, 6.45) is 5.37. The summed E-state index contributed by atoms with van der Waals surface area (Å²) in [5.74, 6) is 3.54. The summed E-state index contributed by atoms with van der Waals surface area (Å²) in [5, 5.41) is 9.11. The quantitative estimate of drug-likeness (QED) is 0.557. The van der Waals surface area contributed by atoms with E-state index < -0.39 is 0 Å². The van der Waals surface area contributed by atoms with Crippen molar-refractivity contribution in [2.45, 2.75) is 39.5 Å². The summed E-state index contributed by atoms with van der Waals surface area (Å²) < 4.78 is 0. The van der Waals surface area contributed by atoms with E-state index in [-0.39, 0.29) is 0 Å². The Bertz CT molecular complexity index is 224. The minimum atomic E-state index is 0.360. The molecule has 5 atom stereocenters. The van der Waals surface area contributed by atoms with Crippen LogP contribution in [0, 0.1) is 40.9 Å². The van der Waals surface area contributed by atoms with Gasteiger partial charge in [0.05, 0.1) is 12.0 Å². The van der Waals surface area contributed by atoms with Crippen LogP contribution >= 0.6 is 0 Å². The molecule has 0 aromatic rings. The zero-order valence-corrected chi connectivity index (χ0v) is 8.66. The van der Waals surface area contributed by atoms with Crippen molar-refractivity contribution in [3.63, 3.8) is 0 Å². The lowest BCUT2D eigenvalue weighted by molar-refractivity contribution is 0.0745. The molecule has 5 unspecified atom stereocenters. The van der Waals surface area contributed by atoms with Crippen LogP contribution in [-0.4, -0.2) is 0 Å². The van der Waals surface area contributed by atoms with Crippen LogP contribution in [0.4, 0.5) is 0 Å². The maximum absolute atomic E-state index is 9.11. The molecule has 0 radical (unpaired) electrons. The van der Waals surface area contributed by atoms with Gasteiger partial charge in [-0.2, -0.15) is 5.26 Å². The fourth-order valence-electron chi connectivity index (χ4n) is 3.66. The fraction of sp³-hybridized carbons (Fsp3) is 0.917. The molecule has 0 N–H and O–H groups in total. The monoisotopic (exact) mass is 177 g/mol.